The van der Waals surface area contributed by atoms with Crippen LogP contribution in [-0.4, -0.2) is 35.3 Å². The van der Waals surface area contributed by atoms with Gasteiger partial charge in [-0.25, -0.2) is 0 Å². The van der Waals surface area contributed by atoms with Crippen LogP contribution >= 0.6 is 0 Å². The van der Waals surface area contributed by atoms with Crippen LogP contribution in [0.2, 0.25) is 0 Å². The largest absolute Gasteiger partial charge is 0.459 e. The van der Waals surface area contributed by atoms with E-state index in [4.69, 9.17) is 4.42 Å². The second-order valence-corrected chi connectivity index (χ2v) is 7.77. The number of hydrogen-bond acceptors (Lipinski definition) is 3. The number of nitrogens with one attached hydrogen (secondary N) is 1. The van der Waals surface area contributed by atoms with E-state index in [1.165, 1.54) is 31.9 Å². The van der Waals surface area contributed by atoms with Gasteiger partial charge in [-0.15, -0.1) is 0 Å². The topological polar surface area (TPSA) is 62.6 Å². The fraction of sp³-hybridized carbons (Fsp3) is 0.684. The molecule has 3 aliphatic rings. The molecule has 1 aliphatic heterocycles. The van der Waals surface area contributed by atoms with Crippen LogP contribution in [0.5, 0.6) is 0 Å². The second kappa shape index (κ2) is 6.26. The van der Waals surface area contributed by atoms with Crippen molar-refractivity contribution in [2.75, 3.05) is 6.54 Å². The van der Waals surface area contributed by atoms with Gasteiger partial charge in [0.2, 0.25) is 5.91 Å². The molecule has 0 radical (unpaired) electrons. The Labute approximate surface area is 142 Å². The average Bonchev–Trinajstić information content (AvgIpc) is 3.38. The van der Waals surface area contributed by atoms with Crippen molar-refractivity contribution in [2.24, 2.45) is 17.8 Å². The molecule has 2 bridgehead atoms. The molecule has 5 heteroatoms. The number of nitrogens with zero attached hydrogens (tertiary/aromatic N) is 1. The molecule has 1 aromatic rings. The third-order valence-electron chi connectivity index (χ3n) is 6.35. The highest BCUT2D eigenvalue weighted by molar-refractivity contribution is 5.96. The normalized spacial score (nSPS) is 33.0. The van der Waals surface area contributed by atoms with E-state index in [1.54, 1.807) is 17.0 Å². The van der Waals surface area contributed by atoms with Gasteiger partial charge in [-0.05, 0) is 68.9 Å². The number of amides is 2. The molecule has 1 N–H and O–H groups in total. The monoisotopic (exact) mass is 330 g/mol. The molecule has 2 amide bonds. The summed E-state index contributed by atoms with van der Waals surface area (Å²) in [6, 6.07) is 3.21. The van der Waals surface area contributed by atoms with Gasteiger partial charge in [-0.3, -0.25) is 9.59 Å². The average molecular weight is 330 g/mol. The number of fused-ring (bicyclic) bond motifs is 2. The van der Waals surface area contributed by atoms with Crippen LogP contribution in [0.15, 0.2) is 22.8 Å². The molecule has 5 atom stereocenters. The van der Waals surface area contributed by atoms with E-state index in [9.17, 15) is 9.59 Å². The highest BCUT2D eigenvalue weighted by atomic mass is 16.3. The molecule has 2 heterocycles. The summed E-state index contributed by atoms with van der Waals surface area (Å²) in [4.78, 5) is 27.0. The van der Waals surface area contributed by atoms with Gasteiger partial charge in [-0.1, -0.05) is 6.42 Å². The summed E-state index contributed by atoms with van der Waals surface area (Å²) in [5.74, 6) is 2.42. The molecule has 0 aromatic carbocycles. The van der Waals surface area contributed by atoms with Gasteiger partial charge in [0.1, 0.15) is 6.04 Å². The Kier molecular flexibility index (Phi) is 4.10. The van der Waals surface area contributed by atoms with Crippen LogP contribution in [0.1, 0.15) is 56.0 Å². The van der Waals surface area contributed by atoms with Gasteiger partial charge in [0, 0.05) is 12.6 Å². The maximum atomic E-state index is 12.8. The summed E-state index contributed by atoms with van der Waals surface area (Å²) in [5, 5.41) is 3.22. The number of furan rings is 1. The van der Waals surface area contributed by atoms with Crippen LogP contribution in [-0.2, 0) is 4.79 Å². The predicted molar refractivity (Wildman–Crippen MR) is 89.3 cm³/mol. The first-order chi connectivity index (χ1) is 11.6. The number of likely N-dealkylation sites (tertiary alicyclic amines) is 1. The number of rotatable bonds is 4. The second-order valence-electron chi connectivity index (χ2n) is 7.77. The quantitative estimate of drug-likeness (QED) is 0.923. The van der Waals surface area contributed by atoms with Gasteiger partial charge in [-0.2, -0.15) is 0 Å². The molecule has 2 saturated carbocycles. The SMILES string of the molecule is C[C@@H](NC(=O)[C@@H]1CCCN1C(=O)c1ccco1)[C@@H]1C[C@H]2CC[C@H]1C2. The lowest BCUT2D eigenvalue weighted by molar-refractivity contribution is -0.126. The fourth-order valence-corrected chi connectivity index (χ4v) is 5.16. The van der Waals surface area contributed by atoms with Crippen LogP contribution < -0.4 is 5.32 Å². The van der Waals surface area contributed by atoms with Gasteiger partial charge in [0.25, 0.3) is 5.91 Å². The van der Waals surface area contributed by atoms with E-state index in [0.29, 0.717) is 18.2 Å². The van der Waals surface area contributed by atoms with E-state index in [2.05, 4.69) is 12.2 Å². The molecule has 2 aliphatic carbocycles. The molecule has 4 rings (SSSR count). The standard InChI is InChI=1S/C19H26N2O3/c1-12(15-11-13-6-7-14(15)10-13)20-18(22)16-4-2-8-21(16)19(23)17-5-3-9-24-17/h3,5,9,12-16H,2,4,6-8,10-11H2,1H3,(H,20,22)/t12-,13+,14+,15+,16+/m1/s1. The van der Waals surface area contributed by atoms with Crippen molar-refractivity contribution in [3.63, 3.8) is 0 Å². The molecule has 24 heavy (non-hydrogen) atoms. The van der Waals surface area contributed by atoms with Gasteiger partial charge < -0.3 is 14.6 Å². The number of carbonyl (C=O) groups is 2. The van der Waals surface area contributed by atoms with Crippen molar-refractivity contribution in [3.05, 3.63) is 24.2 Å². The highest BCUT2D eigenvalue weighted by Gasteiger charge is 2.43. The van der Waals surface area contributed by atoms with Crippen molar-refractivity contribution in [1.82, 2.24) is 10.2 Å². The van der Waals surface area contributed by atoms with Crippen LogP contribution in [0.3, 0.4) is 0 Å². The molecule has 3 fully saturated rings. The summed E-state index contributed by atoms with van der Waals surface area (Å²) in [5.41, 5.74) is 0. The molecule has 1 aromatic heterocycles. The minimum Gasteiger partial charge on any atom is -0.459 e. The Balaban J connectivity index is 1.39. The number of carbonyl (C=O) groups excluding carboxylic acids is 2. The molecule has 0 unspecified atom stereocenters. The van der Waals surface area contributed by atoms with Crippen molar-refractivity contribution in [2.45, 2.75) is 57.5 Å². The maximum Gasteiger partial charge on any atom is 0.290 e. The minimum absolute atomic E-state index is 0.00248. The van der Waals surface area contributed by atoms with E-state index in [-0.39, 0.29) is 23.9 Å². The van der Waals surface area contributed by atoms with E-state index in [1.807, 2.05) is 0 Å². The van der Waals surface area contributed by atoms with Crippen molar-refractivity contribution < 1.29 is 14.0 Å². The smallest absolute Gasteiger partial charge is 0.290 e. The molecular weight excluding hydrogens is 304 g/mol. The molecular formula is C19H26N2O3. The molecule has 1 saturated heterocycles. The summed E-state index contributed by atoms with van der Waals surface area (Å²) in [7, 11) is 0. The summed E-state index contributed by atoms with van der Waals surface area (Å²) >= 11 is 0. The van der Waals surface area contributed by atoms with Crippen molar-refractivity contribution >= 4 is 11.8 Å². The Bertz CT molecular complexity index is 612. The lowest BCUT2D eigenvalue weighted by atomic mass is 9.84. The fourth-order valence-electron chi connectivity index (χ4n) is 5.16. The van der Waals surface area contributed by atoms with Gasteiger partial charge in [0.05, 0.1) is 6.26 Å². The third-order valence-corrected chi connectivity index (χ3v) is 6.35. The lowest BCUT2D eigenvalue weighted by Crippen LogP contribution is -2.50. The lowest BCUT2D eigenvalue weighted by Gasteiger charge is -2.31. The van der Waals surface area contributed by atoms with Gasteiger partial charge >= 0.3 is 0 Å². The summed E-state index contributed by atoms with van der Waals surface area (Å²) in [6.45, 7) is 2.76. The summed E-state index contributed by atoms with van der Waals surface area (Å²) in [6.07, 6.45) is 8.39. The third kappa shape index (κ3) is 2.74. The Morgan fingerprint density at radius 1 is 1.29 bits per heavy atom. The molecule has 130 valence electrons. The zero-order chi connectivity index (χ0) is 16.7. The van der Waals surface area contributed by atoms with Crippen LogP contribution in [0.4, 0.5) is 0 Å². The first kappa shape index (κ1) is 15.7. The zero-order valence-electron chi connectivity index (χ0n) is 14.2. The highest BCUT2D eigenvalue weighted by Crippen LogP contribution is 2.49. The maximum absolute atomic E-state index is 12.8. The first-order valence-corrected chi connectivity index (χ1v) is 9.28. The van der Waals surface area contributed by atoms with Crippen LogP contribution in [0.25, 0.3) is 0 Å². The van der Waals surface area contributed by atoms with Gasteiger partial charge in [0.15, 0.2) is 5.76 Å². The molecule has 0 spiro atoms. The minimum atomic E-state index is -0.358. The van der Waals surface area contributed by atoms with E-state index >= 15 is 0 Å². The number of hydrogen-bond donors (Lipinski definition) is 1. The Morgan fingerprint density at radius 3 is 2.83 bits per heavy atom. The molecule has 5 nitrogen and oxygen atoms in total. The van der Waals surface area contributed by atoms with E-state index < -0.39 is 0 Å². The van der Waals surface area contributed by atoms with Crippen LogP contribution in [0, 0.1) is 17.8 Å². The first-order valence-electron chi connectivity index (χ1n) is 9.28. The Morgan fingerprint density at radius 2 is 2.17 bits per heavy atom. The summed E-state index contributed by atoms with van der Waals surface area (Å²) < 4.78 is 5.21. The Hall–Kier alpha value is -1.78. The predicted octanol–water partition coefficient (Wildman–Crippen LogP) is 2.83. The van der Waals surface area contributed by atoms with Crippen molar-refractivity contribution in [1.29, 1.82) is 0 Å². The van der Waals surface area contributed by atoms with Crippen molar-refractivity contribution in [3.8, 4) is 0 Å². The zero-order valence-corrected chi connectivity index (χ0v) is 14.2. The van der Waals surface area contributed by atoms with E-state index in [0.717, 1.165) is 24.7 Å².